The number of halogens is 1. The molecule has 0 spiro atoms. The molecule has 0 unspecified atom stereocenters. The molecule has 3 aromatic rings. The number of likely N-dealkylation sites (N-methyl/N-ethyl adjacent to an activating group) is 1. The number of rotatable bonds is 3. The lowest BCUT2D eigenvalue weighted by molar-refractivity contribution is 0.309. The normalized spacial score (nSPS) is 15.0. The van der Waals surface area contributed by atoms with Crippen molar-refractivity contribution in [3.8, 4) is 0 Å². The van der Waals surface area contributed by atoms with Crippen LogP contribution < -0.4 is 0 Å². The molecular weight excluding hydrogens is 316 g/mol. The first kappa shape index (κ1) is 15.7. The van der Waals surface area contributed by atoms with E-state index >= 15 is 0 Å². The molecule has 0 aliphatic carbocycles. The Morgan fingerprint density at radius 2 is 1.96 bits per heavy atom. The van der Waals surface area contributed by atoms with E-state index in [0.29, 0.717) is 0 Å². The van der Waals surface area contributed by atoms with E-state index in [2.05, 4.69) is 53.8 Å². The van der Waals surface area contributed by atoms with Crippen LogP contribution in [0.2, 0.25) is 5.02 Å². The van der Waals surface area contributed by atoms with Gasteiger partial charge in [-0.15, -0.1) is 0 Å². The summed E-state index contributed by atoms with van der Waals surface area (Å²) in [6.45, 7) is 5.35. The van der Waals surface area contributed by atoms with E-state index in [1.54, 1.807) is 0 Å². The molecule has 4 rings (SSSR count). The van der Waals surface area contributed by atoms with Gasteiger partial charge in [-0.05, 0) is 49.7 Å². The van der Waals surface area contributed by atoms with Crippen molar-refractivity contribution in [1.82, 2.24) is 9.47 Å². The predicted molar refractivity (Wildman–Crippen MR) is 102 cm³/mol. The lowest BCUT2D eigenvalue weighted by atomic mass is 10.0. The average Bonchev–Trinajstić information content (AvgIpc) is 2.87. The van der Waals surface area contributed by atoms with Gasteiger partial charge in [0, 0.05) is 47.7 Å². The summed E-state index contributed by atoms with van der Waals surface area (Å²) in [5, 5.41) is 2.30. The van der Waals surface area contributed by atoms with Crippen LogP contribution in [0.4, 0.5) is 0 Å². The summed E-state index contributed by atoms with van der Waals surface area (Å²) in [4.78, 5) is 2.42. The molecule has 0 atom stereocenters. The first-order valence-electron chi connectivity index (χ1n) is 8.66. The minimum absolute atomic E-state index is 0.874. The number of aromatic nitrogens is 1. The minimum atomic E-state index is 0.874. The van der Waals surface area contributed by atoms with Gasteiger partial charge in [0.05, 0.1) is 0 Å². The number of nitrogens with zero attached hydrogens (tertiary/aromatic N) is 2. The van der Waals surface area contributed by atoms with Crippen LogP contribution in [0.5, 0.6) is 0 Å². The summed E-state index contributed by atoms with van der Waals surface area (Å²) < 4.78 is 2.53. The molecule has 2 nitrogen and oxygen atoms in total. The van der Waals surface area contributed by atoms with Crippen molar-refractivity contribution in [2.45, 2.75) is 32.9 Å². The van der Waals surface area contributed by atoms with Gasteiger partial charge < -0.3 is 9.47 Å². The van der Waals surface area contributed by atoms with Crippen LogP contribution in [0.3, 0.4) is 0 Å². The zero-order valence-electron chi connectivity index (χ0n) is 14.3. The molecule has 2 heterocycles. The summed E-state index contributed by atoms with van der Waals surface area (Å²) in [5.41, 5.74) is 6.96. The number of benzene rings is 2. The molecule has 2 aromatic carbocycles. The Morgan fingerprint density at radius 3 is 2.79 bits per heavy atom. The summed E-state index contributed by atoms with van der Waals surface area (Å²) in [5.74, 6) is 0. The third-order valence-electron chi connectivity index (χ3n) is 5.16. The predicted octanol–water partition coefficient (Wildman–Crippen LogP) is 4.83. The highest BCUT2D eigenvalue weighted by Gasteiger charge is 2.22. The van der Waals surface area contributed by atoms with Gasteiger partial charge in [-0.25, -0.2) is 0 Å². The Labute approximate surface area is 148 Å². The number of hydrogen-bond donors (Lipinski definition) is 0. The molecule has 1 aromatic heterocycles. The standard InChI is InChI=1S/C21H23ClN2/c1-15-7-8-20-17(13-15)18-14-23(2)11-10-21(18)24(20)12-9-16-5-3-4-6-19(16)22/h3-8,13H,9-12,14H2,1-2H3. The SMILES string of the molecule is Cc1ccc2c(c1)c1c(n2CCc2ccccc2Cl)CCN(C)C1. The van der Waals surface area contributed by atoms with E-state index in [9.17, 15) is 0 Å². The second kappa shape index (κ2) is 6.27. The van der Waals surface area contributed by atoms with E-state index in [1.165, 1.54) is 33.3 Å². The second-order valence-corrected chi connectivity index (χ2v) is 7.33. The van der Waals surface area contributed by atoms with Gasteiger partial charge in [-0.2, -0.15) is 0 Å². The summed E-state index contributed by atoms with van der Waals surface area (Å²) in [7, 11) is 2.21. The molecule has 0 fully saturated rings. The zero-order valence-corrected chi connectivity index (χ0v) is 15.1. The van der Waals surface area contributed by atoms with Gasteiger partial charge in [-0.3, -0.25) is 0 Å². The van der Waals surface area contributed by atoms with E-state index in [4.69, 9.17) is 11.6 Å². The van der Waals surface area contributed by atoms with E-state index < -0.39 is 0 Å². The maximum absolute atomic E-state index is 6.35. The fourth-order valence-electron chi connectivity index (χ4n) is 3.89. The second-order valence-electron chi connectivity index (χ2n) is 6.93. The third kappa shape index (κ3) is 2.74. The number of hydrogen-bond acceptors (Lipinski definition) is 1. The molecule has 0 amide bonds. The largest absolute Gasteiger partial charge is 0.344 e. The topological polar surface area (TPSA) is 8.17 Å². The quantitative estimate of drug-likeness (QED) is 0.663. The summed E-state index contributed by atoms with van der Waals surface area (Å²) >= 11 is 6.35. The van der Waals surface area contributed by atoms with Gasteiger partial charge in [-0.1, -0.05) is 41.4 Å². The molecular formula is C21H23ClN2. The Balaban J connectivity index is 1.76. The Bertz CT molecular complexity index is 894. The van der Waals surface area contributed by atoms with Crippen LogP contribution in [-0.4, -0.2) is 23.1 Å². The highest BCUT2D eigenvalue weighted by Crippen LogP contribution is 2.31. The molecule has 24 heavy (non-hydrogen) atoms. The van der Waals surface area contributed by atoms with E-state index in [0.717, 1.165) is 37.5 Å². The molecule has 0 saturated heterocycles. The lowest BCUT2D eigenvalue weighted by Gasteiger charge is -2.24. The van der Waals surface area contributed by atoms with Crippen molar-refractivity contribution in [3.05, 3.63) is 69.9 Å². The first-order chi connectivity index (χ1) is 11.6. The number of aryl methyl sites for hydroxylation is 3. The highest BCUT2D eigenvalue weighted by atomic mass is 35.5. The minimum Gasteiger partial charge on any atom is -0.344 e. The van der Waals surface area contributed by atoms with Crippen molar-refractivity contribution >= 4 is 22.5 Å². The van der Waals surface area contributed by atoms with Gasteiger partial charge in [0.1, 0.15) is 0 Å². The highest BCUT2D eigenvalue weighted by molar-refractivity contribution is 6.31. The van der Waals surface area contributed by atoms with Crippen molar-refractivity contribution < 1.29 is 0 Å². The summed E-state index contributed by atoms with van der Waals surface area (Å²) in [6, 6.07) is 15.1. The Hall–Kier alpha value is -1.77. The summed E-state index contributed by atoms with van der Waals surface area (Å²) in [6.07, 6.45) is 2.10. The monoisotopic (exact) mass is 338 g/mol. The Morgan fingerprint density at radius 1 is 1.12 bits per heavy atom. The van der Waals surface area contributed by atoms with Crippen LogP contribution in [0, 0.1) is 6.92 Å². The molecule has 1 aliphatic rings. The average molecular weight is 339 g/mol. The third-order valence-corrected chi connectivity index (χ3v) is 5.53. The van der Waals surface area contributed by atoms with Crippen molar-refractivity contribution in [1.29, 1.82) is 0 Å². The van der Waals surface area contributed by atoms with E-state index in [-0.39, 0.29) is 0 Å². The van der Waals surface area contributed by atoms with Gasteiger partial charge in [0.15, 0.2) is 0 Å². The van der Waals surface area contributed by atoms with Crippen molar-refractivity contribution in [2.24, 2.45) is 0 Å². The van der Waals surface area contributed by atoms with Crippen molar-refractivity contribution in [2.75, 3.05) is 13.6 Å². The molecule has 0 saturated carbocycles. The molecule has 0 N–H and O–H groups in total. The van der Waals surface area contributed by atoms with Crippen LogP contribution in [-0.2, 0) is 25.9 Å². The van der Waals surface area contributed by atoms with Gasteiger partial charge >= 0.3 is 0 Å². The molecule has 0 radical (unpaired) electrons. The number of fused-ring (bicyclic) bond motifs is 3. The smallest absolute Gasteiger partial charge is 0.0486 e. The zero-order chi connectivity index (χ0) is 16.7. The van der Waals surface area contributed by atoms with Crippen LogP contribution in [0.25, 0.3) is 10.9 Å². The Kier molecular flexibility index (Phi) is 4.11. The van der Waals surface area contributed by atoms with Crippen molar-refractivity contribution in [3.63, 3.8) is 0 Å². The molecule has 3 heteroatoms. The van der Waals surface area contributed by atoms with Crippen LogP contribution in [0.15, 0.2) is 42.5 Å². The van der Waals surface area contributed by atoms with Crippen LogP contribution in [0.1, 0.15) is 22.4 Å². The lowest BCUT2D eigenvalue weighted by Crippen LogP contribution is -2.27. The maximum atomic E-state index is 6.35. The molecule has 0 bridgehead atoms. The fraction of sp³-hybridized carbons (Fsp3) is 0.333. The van der Waals surface area contributed by atoms with Gasteiger partial charge in [0.25, 0.3) is 0 Å². The van der Waals surface area contributed by atoms with Crippen LogP contribution >= 0.6 is 11.6 Å². The molecule has 124 valence electrons. The fourth-order valence-corrected chi connectivity index (χ4v) is 4.12. The first-order valence-corrected chi connectivity index (χ1v) is 9.04. The van der Waals surface area contributed by atoms with E-state index in [1.807, 2.05) is 12.1 Å². The maximum Gasteiger partial charge on any atom is 0.0486 e. The van der Waals surface area contributed by atoms with Gasteiger partial charge in [0.2, 0.25) is 0 Å². The molecule has 1 aliphatic heterocycles.